The normalized spacial score (nSPS) is 22.1. The molecule has 0 radical (unpaired) electrons. The molecule has 3 aliphatic heterocycles. The van der Waals surface area contributed by atoms with Crippen LogP contribution in [0.3, 0.4) is 0 Å². The van der Waals surface area contributed by atoms with Crippen LogP contribution in [0.2, 0.25) is 5.02 Å². The van der Waals surface area contributed by atoms with Gasteiger partial charge in [0.25, 0.3) is 15.9 Å². The van der Waals surface area contributed by atoms with Crippen molar-refractivity contribution < 1.29 is 18.0 Å². The maximum atomic E-state index is 13.8. The van der Waals surface area contributed by atoms with Gasteiger partial charge in [0.2, 0.25) is 5.91 Å². The molecule has 3 aliphatic rings. The Labute approximate surface area is 242 Å². The molecular formula is C27H33ClN6O4S2. The van der Waals surface area contributed by atoms with Gasteiger partial charge in [0, 0.05) is 85.0 Å². The van der Waals surface area contributed by atoms with Crippen LogP contribution in [0, 0.1) is 0 Å². The van der Waals surface area contributed by atoms with Gasteiger partial charge in [-0.05, 0) is 50.5 Å². The SMILES string of the molecule is CC1Cc2nc(C(=O)N3CCN(S(=O)(=O)c4cc5cc(Cl)ccc5[nH]4)CC3CCC(=O)N3CCCC3)sc2CN1. The van der Waals surface area contributed by atoms with E-state index in [0.29, 0.717) is 39.9 Å². The van der Waals surface area contributed by atoms with E-state index < -0.39 is 16.1 Å². The van der Waals surface area contributed by atoms with E-state index >= 15 is 0 Å². The number of nitrogens with zero attached hydrogens (tertiary/aromatic N) is 4. The van der Waals surface area contributed by atoms with Crippen LogP contribution in [-0.2, 0) is 27.8 Å². The number of sulfonamides is 1. The van der Waals surface area contributed by atoms with Crippen molar-refractivity contribution in [2.45, 2.75) is 62.7 Å². The number of amides is 2. The Morgan fingerprint density at radius 3 is 2.75 bits per heavy atom. The van der Waals surface area contributed by atoms with Crippen molar-refractivity contribution in [3.63, 3.8) is 0 Å². The molecule has 40 heavy (non-hydrogen) atoms. The highest BCUT2D eigenvalue weighted by Gasteiger charge is 2.39. The predicted molar refractivity (Wildman–Crippen MR) is 154 cm³/mol. The number of H-pyrrole nitrogens is 1. The maximum absolute atomic E-state index is 13.8. The first-order valence-electron chi connectivity index (χ1n) is 13.8. The summed E-state index contributed by atoms with van der Waals surface area (Å²) in [7, 11) is -3.87. The van der Waals surface area contributed by atoms with Gasteiger partial charge in [-0.2, -0.15) is 4.31 Å². The van der Waals surface area contributed by atoms with Gasteiger partial charge in [-0.1, -0.05) is 11.6 Å². The monoisotopic (exact) mass is 604 g/mol. The van der Waals surface area contributed by atoms with Gasteiger partial charge in [0.1, 0.15) is 5.03 Å². The third kappa shape index (κ3) is 5.39. The minimum Gasteiger partial charge on any atom is -0.345 e. The number of carbonyl (C=O) groups is 2. The smallest absolute Gasteiger partial charge is 0.283 e. The van der Waals surface area contributed by atoms with E-state index in [0.717, 1.165) is 42.9 Å². The minimum atomic E-state index is -3.87. The van der Waals surface area contributed by atoms with Crippen LogP contribution in [0.1, 0.15) is 53.0 Å². The van der Waals surface area contributed by atoms with Crippen LogP contribution in [0.4, 0.5) is 0 Å². The summed E-state index contributed by atoms with van der Waals surface area (Å²) in [4.78, 5) is 39.0. The number of hydrogen-bond donors (Lipinski definition) is 2. The van der Waals surface area contributed by atoms with Crippen molar-refractivity contribution >= 4 is 55.7 Å². The fourth-order valence-electron chi connectivity index (χ4n) is 5.85. The van der Waals surface area contributed by atoms with Crippen molar-refractivity contribution in [2.75, 3.05) is 32.7 Å². The van der Waals surface area contributed by atoms with Crippen molar-refractivity contribution in [3.05, 3.63) is 44.9 Å². The van der Waals surface area contributed by atoms with E-state index in [9.17, 15) is 18.0 Å². The highest BCUT2D eigenvalue weighted by atomic mass is 35.5. The van der Waals surface area contributed by atoms with Crippen molar-refractivity contribution in [1.82, 2.24) is 29.4 Å². The van der Waals surface area contributed by atoms with E-state index in [1.54, 1.807) is 29.2 Å². The molecule has 214 valence electrons. The lowest BCUT2D eigenvalue weighted by Gasteiger charge is -2.40. The molecule has 2 fully saturated rings. The zero-order valence-corrected chi connectivity index (χ0v) is 24.7. The molecule has 6 rings (SSSR count). The summed E-state index contributed by atoms with van der Waals surface area (Å²) in [5, 5.41) is 5.17. The number of carbonyl (C=O) groups excluding carboxylic acids is 2. The number of hydrogen-bond acceptors (Lipinski definition) is 7. The molecule has 2 unspecified atom stereocenters. The molecule has 2 saturated heterocycles. The van der Waals surface area contributed by atoms with E-state index in [4.69, 9.17) is 11.6 Å². The minimum absolute atomic E-state index is 0.0575. The van der Waals surface area contributed by atoms with Crippen LogP contribution in [0.15, 0.2) is 29.3 Å². The summed E-state index contributed by atoms with van der Waals surface area (Å²) in [6.45, 7) is 4.80. The molecule has 2 amide bonds. The second-order valence-corrected chi connectivity index (χ2v) is 14.3. The molecule has 2 aromatic heterocycles. The Bertz CT molecular complexity index is 1550. The largest absolute Gasteiger partial charge is 0.345 e. The molecular weight excluding hydrogens is 572 g/mol. The number of aromatic nitrogens is 2. The lowest BCUT2D eigenvalue weighted by atomic mass is 10.1. The summed E-state index contributed by atoms with van der Waals surface area (Å²) in [6.07, 6.45) is 3.43. The number of benzene rings is 1. The number of aromatic amines is 1. The van der Waals surface area contributed by atoms with Crippen molar-refractivity contribution in [2.24, 2.45) is 0 Å². The Morgan fingerprint density at radius 1 is 1.15 bits per heavy atom. The molecule has 1 aromatic carbocycles. The molecule has 0 bridgehead atoms. The summed E-state index contributed by atoms with van der Waals surface area (Å²) in [5.41, 5.74) is 1.64. The number of halogens is 1. The average molecular weight is 605 g/mol. The second-order valence-electron chi connectivity index (χ2n) is 10.9. The fraction of sp³-hybridized carbons (Fsp3) is 0.519. The molecule has 5 heterocycles. The average Bonchev–Trinajstić information content (AvgIpc) is 3.70. The topological polar surface area (TPSA) is 119 Å². The lowest BCUT2D eigenvalue weighted by molar-refractivity contribution is -0.130. The summed E-state index contributed by atoms with van der Waals surface area (Å²) in [6, 6.07) is 6.64. The van der Waals surface area contributed by atoms with E-state index in [1.807, 2.05) is 4.90 Å². The number of thiazole rings is 1. The highest BCUT2D eigenvalue weighted by molar-refractivity contribution is 7.89. The molecule has 2 N–H and O–H groups in total. The van der Waals surface area contributed by atoms with Gasteiger partial charge in [-0.25, -0.2) is 13.4 Å². The van der Waals surface area contributed by atoms with Gasteiger partial charge in [-0.3, -0.25) is 9.59 Å². The zero-order valence-electron chi connectivity index (χ0n) is 22.4. The van der Waals surface area contributed by atoms with E-state index in [-0.39, 0.29) is 42.9 Å². The number of fused-ring (bicyclic) bond motifs is 2. The van der Waals surface area contributed by atoms with E-state index in [2.05, 4.69) is 22.2 Å². The van der Waals surface area contributed by atoms with Crippen molar-refractivity contribution in [1.29, 1.82) is 0 Å². The molecule has 2 atom stereocenters. The first kappa shape index (κ1) is 27.6. The first-order valence-corrected chi connectivity index (χ1v) is 16.4. The number of piperazine rings is 1. The van der Waals surface area contributed by atoms with E-state index in [1.165, 1.54) is 15.6 Å². The van der Waals surface area contributed by atoms with Crippen LogP contribution in [0.25, 0.3) is 10.9 Å². The van der Waals surface area contributed by atoms with Gasteiger partial charge in [0.15, 0.2) is 5.01 Å². The Morgan fingerprint density at radius 2 is 1.95 bits per heavy atom. The second kappa shape index (κ2) is 11.1. The van der Waals surface area contributed by atoms with Crippen LogP contribution in [-0.4, -0.2) is 89.1 Å². The number of nitrogens with one attached hydrogen (secondary N) is 2. The third-order valence-corrected chi connectivity index (χ3v) is 11.2. The number of rotatable bonds is 6. The lowest BCUT2D eigenvalue weighted by Crippen LogP contribution is -2.56. The molecule has 0 spiro atoms. The van der Waals surface area contributed by atoms with Gasteiger partial charge >= 0.3 is 0 Å². The van der Waals surface area contributed by atoms with Gasteiger partial charge in [-0.15, -0.1) is 11.3 Å². The first-order chi connectivity index (χ1) is 19.2. The Hall–Kier alpha value is -2.51. The molecule has 13 heteroatoms. The number of likely N-dealkylation sites (tertiary alicyclic amines) is 1. The molecule has 0 saturated carbocycles. The van der Waals surface area contributed by atoms with Crippen LogP contribution < -0.4 is 5.32 Å². The Kier molecular flexibility index (Phi) is 7.64. The quantitative estimate of drug-likeness (QED) is 0.446. The molecule has 0 aliphatic carbocycles. The summed E-state index contributed by atoms with van der Waals surface area (Å²) >= 11 is 7.51. The molecule has 10 nitrogen and oxygen atoms in total. The van der Waals surface area contributed by atoms with Gasteiger partial charge in [0.05, 0.1) is 5.69 Å². The zero-order chi connectivity index (χ0) is 28.0. The van der Waals surface area contributed by atoms with Gasteiger partial charge < -0.3 is 20.1 Å². The predicted octanol–water partition coefficient (Wildman–Crippen LogP) is 3.23. The maximum Gasteiger partial charge on any atom is 0.283 e. The fourth-order valence-corrected chi connectivity index (χ4v) is 8.51. The highest BCUT2D eigenvalue weighted by Crippen LogP contribution is 2.29. The summed E-state index contributed by atoms with van der Waals surface area (Å²) in [5.74, 6) is -0.134. The van der Waals surface area contributed by atoms with Crippen LogP contribution >= 0.6 is 22.9 Å². The Balaban J connectivity index is 1.24. The summed E-state index contributed by atoms with van der Waals surface area (Å²) < 4.78 is 28.8. The van der Waals surface area contributed by atoms with Crippen molar-refractivity contribution in [3.8, 4) is 0 Å². The third-order valence-electron chi connectivity index (χ3n) is 8.10. The van der Waals surface area contributed by atoms with Crippen LogP contribution in [0.5, 0.6) is 0 Å². The standard InChI is InChI=1S/C27H33ClN6O4S2/c1-17-12-22-23(15-29-17)39-26(31-22)27(36)34-11-10-33(16-20(34)5-7-25(35)32-8-2-3-9-32)40(37,38)24-14-18-13-19(28)4-6-21(18)30-24/h4,6,13-14,17,20,29-30H,2-3,5,7-12,15-16H2,1H3. The molecule has 3 aromatic rings.